The number of rotatable bonds is 4. The first-order valence-corrected chi connectivity index (χ1v) is 9.63. The van der Waals surface area contributed by atoms with Gasteiger partial charge in [0, 0.05) is 32.2 Å². The fourth-order valence-corrected chi connectivity index (χ4v) is 3.65. The maximum absolute atomic E-state index is 12.3. The summed E-state index contributed by atoms with van der Waals surface area (Å²) in [5, 5.41) is 6.60. The number of benzene rings is 1. The molecule has 7 nitrogen and oxygen atoms in total. The molecule has 1 amide bonds. The molecular weight excluding hydrogens is 378 g/mol. The fraction of sp³-hybridized carbons (Fsp3) is 0.300. The van der Waals surface area contributed by atoms with Gasteiger partial charge in [-0.1, -0.05) is 35.9 Å². The van der Waals surface area contributed by atoms with Gasteiger partial charge < -0.3 is 20.8 Å². The fourth-order valence-electron chi connectivity index (χ4n) is 3.49. The lowest BCUT2D eigenvalue weighted by Gasteiger charge is -2.34. The predicted octanol–water partition coefficient (Wildman–Crippen LogP) is 2.78. The number of aromatic nitrogens is 1. The Hall–Kier alpha value is -2.61. The summed E-state index contributed by atoms with van der Waals surface area (Å²) in [7, 11) is 0. The van der Waals surface area contributed by atoms with Gasteiger partial charge >= 0.3 is 0 Å². The highest BCUT2D eigenvalue weighted by Gasteiger charge is 2.20. The van der Waals surface area contributed by atoms with Crippen LogP contribution in [0.15, 0.2) is 47.1 Å². The SMILES string of the molecule is Nc1nc(C(=O)Nc2cc(C3=CCC(N4CCNCC4)C=C3)ccc2Cl)co1. The summed E-state index contributed by atoms with van der Waals surface area (Å²) in [5.74, 6) is -0.425. The number of nitrogens with two attached hydrogens (primary N) is 1. The molecule has 1 saturated heterocycles. The topological polar surface area (TPSA) is 96.4 Å². The van der Waals surface area contributed by atoms with Crippen molar-refractivity contribution in [1.82, 2.24) is 15.2 Å². The highest BCUT2D eigenvalue weighted by atomic mass is 35.5. The third-order valence-electron chi connectivity index (χ3n) is 5.00. The first-order valence-electron chi connectivity index (χ1n) is 9.25. The van der Waals surface area contributed by atoms with Gasteiger partial charge in [-0.15, -0.1) is 0 Å². The third-order valence-corrected chi connectivity index (χ3v) is 5.33. The number of hydrogen-bond donors (Lipinski definition) is 3. The van der Waals surface area contributed by atoms with Gasteiger partial charge in [0.2, 0.25) is 0 Å². The zero-order valence-electron chi connectivity index (χ0n) is 15.3. The summed E-state index contributed by atoms with van der Waals surface area (Å²) in [6.07, 6.45) is 8.81. The van der Waals surface area contributed by atoms with E-state index in [0.717, 1.165) is 43.7 Å². The molecule has 4 N–H and O–H groups in total. The predicted molar refractivity (Wildman–Crippen MR) is 110 cm³/mol. The molecule has 2 aliphatic rings. The first-order chi connectivity index (χ1) is 13.6. The lowest BCUT2D eigenvalue weighted by molar-refractivity contribution is 0.102. The van der Waals surface area contributed by atoms with E-state index in [9.17, 15) is 4.79 Å². The van der Waals surface area contributed by atoms with Gasteiger partial charge in [0.15, 0.2) is 5.69 Å². The van der Waals surface area contributed by atoms with E-state index in [1.165, 1.54) is 6.26 Å². The number of oxazole rings is 1. The Morgan fingerprint density at radius 3 is 2.86 bits per heavy atom. The number of nitrogen functional groups attached to an aromatic ring is 1. The van der Waals surface area contributed by atoms with E-state index in [1.54, 1.807) is 6.07 Å². The summed E-state index contributed by atoms with van der Waals surface area (Å²) in [6.45, 7) is 4.22. The van der Waals surface area contributed by atoms with E-state index in [0.29, 0.717) is 16.8 Å². The Balaban J connectivity index is 1.47. The van der Waals surface area contributed by atoms with Gasteiger partial charge in [0.1, 0.15) is 6.26 Å². The summed E-state index contributed by atoms with van der Waals surface area (Å²) < 4.78 is 4.88. The molecule has 8 heteroatoms. The maximum Gasteiger partial charge on any atom is 0.292 e. The molecule has 0 bridgehead atoms. The first kappa shape index (κ1) is 18.7. The zero-order chi connectivity index (χ0) is 19.5. The van der Waals surface area contributed by atoms with Crippen molar-refractivity contribution in [1.29, 1.82) is 0 Å². The highest BCUT2D eigenvalue weighted by Crippen LogP contribution is 2.30. The standard InChI is InChI=1S/C20H22ClN5O2/c21-16-6-3-14(11-17(16)24-19(27)18-12-28-20(22)25-18)13-1-4-15(5-2-13)26-9-7-23-8-10-26/h1-4,6,11-12,15,23H,5,7-10H2,(H2,22,25)(H,24,27). The molecule has 0 saturated carbocycles. The van der Waals surface area contributed by atoms with Crippen molar-refractivity contribution in [3.8, 4) is 0 Å². The number of halogens is 1. The number of hydrogen-bond acceptors (Lipinski definition) is 6. The lowest BCUT2D eigenvalue weighted by atomic mass is 9.95. The zero-order valence-corrected chi connectivity index (χ0v) is 16.1. The van der Waals surface area contributed by atoms with E-state index in [4.69, 9.17) is 21.8 Å². The Bertz CT molecular complexity index is 930. The van der Waals surface area contributed by atoms with E-state index in [-0.39, 0.29) is 11.7 Å². The van der Waals surface area contributed by atoms with Crippen LogP contribution in [0.3, 0.4) is 0 Å². The van der Waals surface area contributed by atoms with E-state index in [1.807, 2.05) is 12.1 Å². The number of carbonyl (C=O) groups excluding carboxylic acids is 1. The van der Waals surface area contributed by atoms with Crippen LogP contribution in [-0.2, 0) is 0 Å². The Morgan fingerprint density at radius 2 is 2.18 bits per heavy atom. The number of piperazine rings is 1. The van der Waals surface area contributed by atoms with Crippen molar-refractivity contribution in [2.24, 2.45) is 0 Å². The molecule has 1 unspecified atom stereocenters. The molecule has 1 aliphatic heterocycles. The molecule has 2 aromatic rings. The van der Waals surface area contributed by atoms with Gasteiger partial charge in [0.05, 0.1) is 10.7 Å². The number of amides is 1. The van der Waals surface area contributed by atoms with E-state index < -0.39 is 5.91 Å². The van der Waals surface area contributed by atoms with Crippen LogP contribution in [-0.4, -0.2) is 48.0 Å². The number of anilines is 2. The summed E-state index contributed by atoms with van der Waals surface area (Å²) in [6, 6.07) is 5.98. The largest absolute Gasteiger partial charge is 0.431 e. The molecule has 1 fully saturated rings. The smallest absolute Gasteiger partial charge is 0.292 e. The van der Waals surface area contributed by atoms with Gasteiger partial charge in [-0.2, -0.15) is 4.98 Å². The van der Waals surface area contributed by atoms with Crippen LogP contribution < -0.4 is 16.4 Å². The molecule has 1 aromatic heterocycles. The maximum atomic E-state index is 12.3. The number of allylic oxidation sites excluding steroid dienone is 2. The van der Waals surface area contributed by atoms with Crippen molar-refractivity contribution in [2.45, 2.75) is 12.5 Å². The van der Waals surface area contributed by atoms with Crippen molar-refractivity contribution in [3.05, 3.63) is 59.0 Å². The van der Waals surface area contributed by atoms with Crippen molar-refractivity contribution in [3.63, 3.8) is 0 Å². The normalized spacial score (nSPS) is 20.0. The van der Waals surface area contributed by atoms with Gasteiger partial charge in [-0.05, 0) is 29.7 Å². The summed E-state index contributed by atoms with van der Waals surface area (Å²) in [5.41, 5.74) is 8.15. The Morgan fingerprint density at radius 1 is 1.36 bits per heavy atom. The second kappa shape index (κ2) is 8.18. The molecule has 28 heavy (non-hydrogen) atoms. The molecule has 4 rings (SSSR count). The molecule has 0 radical (unpaired) electrons. The Labute approximate surface area is 168 Å². The average molecular weight is 400 g/mol. The quantitative estimate of drug-likeness (QED) is 0.731. The minimum Gasteiger partial charge on any atom is -0.431 e. The van der Waals surface area contributed by atoms with Crippen molar-refractivity contribution < 1.29 is 9.21 Å². The van der Waals surface area contributed by atoms with E-state index >= 15 is 0 Å². The van der Waals surface area contributed by atoms with Crippen LogP contribution in [0.5, 0.6) is 0 Å². The average Bonchev–Trinajstić information content (AvgIpc) is 3.17. The minimum absolute atomic E-state index is 0.0541. The molecule has 1 aliphatic carbocycles. The van der Waals surface area contributed by atoms with E-state index in [2.05, 4.69) is 38.7 Å². The highest BCUT2D eigenvalue weighted by molar-refractivity contribution is 6.34. The number of nitrogens with zero attached hydrogens (tertiary/aromatic N) is 2. The molecule has 146 valence electrons. The second-order valence-corrected chi connectivity index (χ2v) is 7.23. The van der Waals surface area contributed by atoms with Crippen LogP contribution in [0, 0.1) is 0 Å². The van der Waals surface area contributed by atoms with Crippen LogP contribution in [0.4, 0.5) is 11.7 Å². The number of nitrogens with one attached hydrogen (secondary N) is 2. The number of carbonyl (C=O) groups is 1. The van der Waals surface area contributed by atoms with Crippen molar-refractivity contribution in [2.75, 3.05) is 37.2 Å². The van der Waals surface area contributed by atoms with Gasteiger partial charge in [-0.3, -0.25) is 9.69 Å². The molecule has 2 heterocycles. The summed E-state index contributed by atoms with van der Waals surface area (Å²) >= 11 is 6.26. The monoisotopic (exact) mass is 399 g/mol. The van der Waals surface area contributed by atoms with Gasteiger partial charge in [-0.25, -0.2) is 0 Å². The van der Waals surface area contributed by atoms with Crippen LogP contribution in [0.2, 0.25) is 5.02 Å². The molecule has 1 aromatic carbocycles. The molecule has 0 spiro atoms. The van der Waals surface area contributed by atoms with Gasteiger partial charge in [0.25, 0.3) is 11.9 Å². The minimum atomic E-state index is -0.425. The van der Waals surface area contributed by atoms with Crippen molar-refractivity contribution >= 4 is 34.8 Å². The molecular formula is C20H22ClN5O2. The Kier molecular flexibility index (Phi) is 5.47. The van der Waals surface area contributed by atoms with Crippen LogP contribution in [0.25, 0.3) is 5.57 Å². The van der Waals surface area contributed by atoms with Crippen LogP contribution >= 0.6 is 11.6 Å². The van der Waals surface area contributed by atoms with Crippen LogP contribution in [0.1, 0.15) is 22.5 Å². The lowest BCUT2D eigenvalue weighted by Crippen LogP contribution is -2.47. The molecule has 1 atom stereocenters. The summed E-state index contributed by atoms with van der Waals surface area (Å²) in [4.78, 5) is 18.6. The third kappa shape index (κ3) is 4.11. The second-order valence-electron chi connectivity index (χ2n) is 6.83.